The third-order valence-electron chi connectivity index (χ3n) is 1.75. The molecule has 0 aliphatic heterocycles. The van der Waals surface area contributed by atoms with Crippen LogP contribution in [-0.4, -0.2) is 33.3 Å². The largest absolute Gasteiger partial charge is 0.476 e. The van der Waals surface area contributed by atoms with Gasteiger partial charge in [-0.2, -0.15) is 0 Å². The minimum absolute atomic E-state index is 0.0845. The average Bonchev–Trinajstić information content (AvgIpc) is 2.14. The molecule has 0 radical (unpaired) electrons. The lowest BCUT2D eigenvalue weighted by Crippen LogP contribution is -2.29. The molecule has 6 heteroatoms. The van der Waals surface area contributed by atoms with Crippen LogP contribution in [0.5, 0.6) is 0 Å². The average molecular weight is 245 g/mol. The predicted octanol–water partition coefficient (Wildman–Crippen LogP) is 1.62. The highest BCUT2D eigenvalue weighted by atomic mass is 35.5. The van der Waals surface area contributed by atoms with Gasteiger partial charge in [0.2, 0.25) is 0 Å². The molecule has 3 N–H and O–H groups in total. The standard InChI is InChI=1S/C10H13ClN2O3/c1-10(2,16)5-12-7-4-3-6(11)8(13-7)9(14)15/h3-4,16H,5H2,1-2H3,(H,12,13)(H,14,15). The van der Waals surface area contributed by atoms with Gasteiger partial charge >= 0.3 is 5.97 Å². The maximum Gasteiger partial charge on any atom is 0.356 e. The molecule has 0 fully saturated rings. The van der Waals surface area contributed by atoms with E-state index in [1.165, 1.54) is 6.07 Å². The van der Waals surface area contributed by atoms with Crippen LogP contribution in [0.1, 0.15) is 24.3 Å². The van der Waals surface area contributed by atoms with Gasteiger partial charge in [-0.15, -0.1) is 0 Å². The van der Waals surface area contributed by atoms with Crippen molar-refractivity contribution in [3.05, 3.63) is 22.8 Å². The number of carbonyl (C=O) groups is 1. The zero-order valence-electron chi connectivity index (χ0n) is 8.99. The Kier molecular flexibility index (Phi) is 3.72. The number of rotatable bonds is 4. The van der Waals surface area contributed by atoms with E-state index < -0.39 is 11.6 Å². The molecule has 0 bridgehead atoms. The number of nitrogens with zero attached hydrogens (tertiary/aromatic N) is 1. The molecule has 0 aliphatic carbocycles. The lowest BCUT2D eigenvalue weighted by atomic mass is 10.1. The maximum atomic E-state index is 10.8. The van der Waals surface area contributed by atoms with Gasteiger partial charge in [0.25, 0.3) is 0 Å². The summed E-state index contributed by atoms with van der Waals surface area (Å²) in [5, 5.41) is 21.2. The Morgan fingerprint density at radius 3 is 2.69 bits per heavy atom. The summed E-state index contributed by atoms with van der Waals surface area (Å²) in [5.41, 5.74) is -1.10. The second kappa shape index (κ2) is 4.67. The summed E-state index contributed by atoms with van der Waals surface area (Å²) in [6, 6.07) is 3.01. The molecule has 5 nitrogen and oxygen atoms in total. The van der Waals surface area contributed by atoms with Crippen molar-refractivity contribution < 1.29 is 15.0 Å². The molecule has 0 saturated carbocycles. The number of halogens is 1. The van der Waals surface area contributed by atoms with Crippen LogP contribution < -0.4 is 5.32 Å². The van der Waals surface area contributed by atoms with Crippen LogP contribution in [0.4, 0.5) is 5.82 Å². The SMILES string of the molecule is CC(C)(O)CNc1ccc(Cl)c(C(=O)O)n1. The summed E-state index contributed by atoms with van der Waals surface area (Å²) in [6.07, 6.45) is 0. The van der Waals surface area contributed by atoms with Crippen LogP contribution in [0.25, 0.3) is 0 Å². The molecule has 0 atom stereocenters. The third-order valence-corrected chi connectivity index (χ3v) is 2.06. The summed E-state index contributed by atoms with van der Waals surface area (Å²) < 4.78 is 0. The Balaban J connectivity index is 2.83. The molecule has 1 heterocycles. The van der Waals surface area contributed by atoms with Crippen LogP contribution in [0.15, 0.2) is 12.1 Å². The number of aliphatic hydroxyl groups is 1. The number of hydrogen-bond acceptors (Lipinski definition) is 4. The Morgan fingerprint density at radius 2 is 2.19 bits per heavy atom. The van der Waals surface area contributed by atoms with E-state index in [-0.39, 0.29) is 17.3 Å². The molecule has 1 rings (SSSR count). The molecule has 0 unspecified atom stereocenters. The van der Waals surface area contributed by atoms with Crippen LogP contribution in [0, 0.1) is 0 Å². The van der Waals surface area contributed by atoms with Gasteiger partial charge in [0.05, 0.1) is 10.6 Å². The minimum atomic E-state index is -1.18. The topological polar surface area (TPSA) is 82.5 Å². The van der Waals surface area contributed by atoms with Crippen molar-refractivity contribution in [2.75, 3.05) is 11.9 Å². The number of nitrogens with one attached hydrogen (secondary N) is 1. The predicted molar refractivity (Wildman–Crippen MR) is 61.0 cm³/mol. The molecule has 0 aliphatic rings. The number of aromatic carboxylic acids is 1. The zero-order valence-corrected chi connectivity index (χ0v) is 9.75. The van der Waals surface area contributed by atoms with E-state index in [1.807, 2.05) is 0 Å². The van der Waals surface area contributed by atoms with E-state index >= 15 is 0 Å². The third kappa shape index (κ3) is 3.67. The summed E-state index contributed by atoms with van der Waals surface area (Å²) >= 11 is 5.66. The van der Waals surface area contributed by atoms with Gasteiger partial charge in [-0.3, -0.25) is 0 Å². The normalized spacial score (nSPS) is 11.2. The highest BCUT2D eigenvalue weighted by molar-refractivity contribution is 6.33. The first-order valence-electron chi connectivity index (χ1n) is 4.66. The van der Waals surface area contributed by atoms with E-state index in [4.69, 9.17) is 16.7 Å². The van der Waals surface area contributed by atoms with Crippen molar-refractivity contribution >= 4 is 23.4 Å². The van der Waals surface area contributed by atoms with Gasteiger partial charge in [-0.05, 0) is 26.0 Å². The monoisotopic (exact) mass is 244 g/mol. The minimum Gasteiger partial charge on any atom is -0.476 e. The fraction of sp³-hybridized carbons (Fsp3) is 0.400. The van der Waals surface area contributed by atoms with Crippen LogP contribution in [-0.2, 0) is 0 Å². The lowest BCUT2D eigenvalue weighted by Gasteiger charge is -2.18. The molecular weight excluding hydrogens is 232 g/mol. The summed E-state index contributed by atoms with van der Waals surface area (Å²) in [4.78, 5) is 14.6. The van der Waals surface area contributed by atoms with E-state index in [9.17, 15) is 9.90 Å². The number of anilines is 1. The van der Waals surface area contributed by atoms with Crippen molar-refractivity contribution in [1.82, 2.24) is 4.98 Å². The summed E-state index contributed by atoms with van der Waals surface area (Å²) in [5.74, 6) is -0.819. The number of aromatic nitrogens is 1. The van der Waals surface area contributed by atoms with Crippen molar-refractivity contribution in [2.45, 2.75) is 19.4 Å². The van der Waals surface area contributed by atoms with Gasteiger partial charge in [0.15, 0.2) is 5.69 Å². The van der Waals surface area contributed by atoms with E-state index in [0.717, 1.165) is 0 Å². The van der Waals surface area contributed by atoms with Crippen LogP contribution >= 0.6 is 11.6 Å². The lowest BCUT2D eigenvalue weighted by molar-refractivity contribution is 0.0691. The molecule has 0 aromatic carbocycles. The number of hydrogen-bond donors (Lipinski definition) is 3. The van der Waals surface area contributed by atoms with Gasteiger partial charge in [-0.25, -0.2) is 9.78 Å². The van der Waals surface area contributed by atoms with E-state index in [2.05, 4.69) is 10.3 Å². The van der Waals surface area contributed by atoms with Gasteiger partial charge < -0.3 is 15.5 Å². The van der Waals surface area contributed by atoms with Crippen LogP contribution in [0.3, 0.4) is 0 Å². The molecule has 16 heavy (non-hydrogen) atoms. The van der Waals surface area contributed by atoms with Crippen molar-refractivity contribution in [2.24, 2.45) is 0 Å². The first-order chi connectivity index (χ1) is 7.29. The highest BCUT2D eigenvalue weighted by Crippen LogP contribution is 2.17. The molecule has 1 aromatic heterocycles. The maximum absolute atomic E-state index is 10.8. The zero-order chi connectivity index (χ0) is 12.3. The van der Waals surface area contributed by atoms with Crippen LogP contribution in [0.2, 0.25) is 5.02 Å². The molecule has 0 saturated heterocycles. The number of carboxylic acid groups (broad SMARTS) is 1. The number of carboxylic acids is 1. The Labute approximate surface area is 98.1 Å². The van der Waals surface area contributed by atoms with Gasteiger partial charge in [-0.1, -0.05) is 11.6 Å². The first kappa shape index (κ1) is 12.7. The quantitative estimate of drug-likeness (QED) is 0.750. The highest BCUT2D eigenvalue weighted by Gasteiger charge is 2.14. The Hall–Kier alpha value is -1.33. The Bertz CT molecular complexity index is 402. The van der Waals surface area contributed by atoms with Crippen molar-refractivity contribution in [3.63, 3.8) is 0 Å². The Morgan fingerprint density at radius 1 is 1.56 bits per heavy atom. The molecule has 1 aromatic rings. The molecule has 0 amide bonds. The second-order valence-electron chi connectivity index (χ2n) is 4.00. The fourth-order valence-corrected chi connectivity index (χ4v) is 1.18. The van der Waals surface area contributed by atoms with Gasteiger partial charge in [0.1, 0.15) is 5.82 Å². The van der Waals surface area contributed by atoms with Crippen molar-refractivity contribution in [1.29, 1.82) is 0 Å². The van der Waals surface area contributed by atoms with E-state index in [1.54, 1.807) is 19.9 Å². The van der Waals surface area contributed by atoms with E-state index in [0.29, 0.717) is 5.82 Å². The first-order valence-corrected chi connectivity index (χ1v) is 5.03. The molecule has 88 valence electrons. The van der Waals surface area contributed by atoms with Crippen molar-refractivity contribution in [3.8, 4) is 0 Å². The second-order valence-corrected chi connectivity index (χ2v) is 4.41. The molecular formula is C10H13ClN2O3. The number of pyridine rings is 1. The van der Waals surface area contributed by atoms with Gasteiger partial charge in [0, 0.05) is 6.54 Å². The fourth-order valence-electron chi connectivity index (χ4n) is 0.997. The summed E-state index contributed by atoms with van der Waals surface area (Å²) in [7, 11) is 0. The summed E-state index contributed by atoms with van der Waals surface area (Å²) in [6.45, 7) is 3.53. The molecule has 0 spiro atoms. The smallest absolute Gasteiger partial charge is 0.356 e.